The van der Waals surface area contributed by atoms with Crippen LogP contribution in [0.1, 0.15) is 43.2 Å². The zero-order valence-electron chi connectivity index (χ0n) is 16.8. The van der Waals surface area contributed by atoms with E-state index in [1.54, 1.807) is 17.7 Å². The summed E-state index contributed by atoms with van der Waals surface area (Å²) in [5.41, 5.74) is 3.29. The SMILES string of the molecule is Fc1ccccc1COc1ccc2ccccc2c1CNCCC1=CCCCC1. The second-order valence-corrected chi connectivity index (χ2v) is 7.68. The predicted octanol–water partition coefficient (Wildman–Crippen LogP) is 6.54. The summed E-state index contributed by atoms with van der Waals surface area (Å²) in [6, 6.07) is 19.2. The molecule has 1 N–H and O–H groups in total. The molecule has 150 valence electrons. The van der Waals surface area contributed by atoms with Gasteiger partial charge in [-0.2, -0.15) is 0 Å². The van der Waals surface area contributed by atoms with Gasteiger partial charge in [0, 0.05) is 17.7 Å². The molecular formula is C26H28FNO. The fourth-order valence-corrected chi connectivity index (χ4v) is 4.00. The molecule has 1 aliphatic carbocycles. The lowest BCUT2D eigenvalue weighted by molar-refractivity contribution is 0.296. The molecule has 1 aliphatic rings. The van der Waals surface area contributed by atoms with Crippen LogP contribution in [-0.2, 0) is 13.2 Å². The normalized spacial score (nSPS) is 14.0. The van der Waals surface area contributed by atoms with Crippen LogP contribution >= 0.6 is 0 Å². The van der Waals surface area contributed by atoms with E-state index >= 15 is 0 Å². The Kier molecular flexibility index (Phi) is 6.58. The molecule has 3 heteroatoms. The van der Waals surface area contributed by atoms with Gasteiger partial charge in [0.25, 0.3) is 0 Å². The van der Waals surface area contributed by atoms with Crippen LogP contribution in [0.2, 0.25) is 0 Å². The first kappa shape index (κ1) is 19.7. The summed E-state index contributed by atoms with van der Waals surface area (Å²) in [4.78, 5) is 0. The van der Waals surface area contributed by atoms with Gasteiger partial charge >= 0.3 is 0 Å². The number of halogens is 1. The molecule has 3 aromatic carbocycles. The lowest BCUT2D eigenvalue weighted by Gasteiger charge is -2.16. The molecule has 0 fully saturated rings. The predicted molar refractivity (Wildman–Crippen MR) is 118 cm³/mol. The van der Waals surface area contributed by atoms with E-state index in [2.05, 4.69) is 41.7 Å². The third-order valence-corrected chi connectivity index (χ3v) is 5.65. The highest BCUT2D eigenvalue weighted by atomic mass is 19.1. The first-order valence-corrected chi connectivity index (χ1v) is 10.6. The Hall–Kier alpha value is -2.65. The zero-order valence-corrected chi connectivity index (χ0v) is 16.8. The van der Waals surface area contributed by atoms with Gasteiger partial charge in [-0.1, -0.05) is 60.2 Å². The van der Waals surface area contributed by atoms with Crippen LogP contribution in [0.3, 0.4) is 0 Å². The van der Waals surface area contributed by atoms with Crippen LogP contribution < -0.4 is 10.1 Å². The van der Waals surface area contributed by atoms with Gasteiger partial charge in [-0.05, 0) is 61.6 Å². The summed E-state index contributed by atoms with van der Waals surface area (Å²) in [6.45, 7) is 1.92. The molecule has 3 aromatic rings. The number of nitrogens with one attached hydrogen (secondary N) is 1. The van der Waals surface area contributed by atoms with Crippen molar-refractivity contribution in [2.24, 2.45) is 0 Å². The van der Waals surface area contributed by atoms with Gasteiger partial charge in [0.05, 0.1) is 0 Å². The lowest BCUT2D eigenvalue weighted by atomic mass is 9.97. The summed E-state index contributed by atoms with van der Waals surface area (Å²) < 4.78 is 20.0. The van der Waals surface area contributed by atoms with E-state index in [1.807, 2.05) is 12.1 Å². The van der Waals surface area contributed by atoms with Crippen LogP contribution in [0.4, 0.5) is 4.39 Å². The Morgan fingerprint density at radius 1 is 0.931 bits per heavy atom. The first-order chi connectivity index (χ1) is 14.3. The average Bonchev–Trinajstić information content (AvgIpc) is 2.77. The van der Waals surface area contributed by atoms with Crippen molar-refractivity contribution >= 4 is 10.8 Å². The summed E-state index contributed by atoms with van der Waals surface area (Å²) in [5.74, 6) is 0.588. The minimum Gasteiger partial charge on any atom is -0.488 e. The molecule has 0 spiro atoms. The molecule has 0 unspecified atom stereocenters. The van der Waals surface area contributed by atoms with E-state index in [9.17, 15) is 4.39 Å². The smallest absolute Gasteiger partial charge is 0.129 e. The maximum Gasteiger partial charge on any atom is 0.129 e. The molecule has 0 saturated heterocycles. The highest BCUT2D eigenvalue weighted by molar-refractivity contribution is 5.87. The van der Waals surface area contributed by atoms with E-state index in [0.29, 0.717) is 5.56 Å². The molecule has 0 radical (unpaired) electrons. The average molecular weight is 390 g/mol. The second kappa shape index (κ2) is 9.71. The van der Waals surface area contributed by atoms with Crippen molar-refractivity contribution in [2.75, 3.05) is 6.54 Å². The van der Waals surface area contributed by atoms with E-state index in [4.69, 9.17) is 4.74 Å². The van der Waals surface area contributed by atoms with Crippen molar-refractivity contribution in [3.63, 3.8) is 0 Å². The molecule has 29 heavy (non-hydrogen) atoms. The molecule has 0 atom stereocenters. The Morgan fingerprint density at radius 3 is 2.66 bits per heavy atom. The molecule has 0 heterocycles. The van der Waals surface area contributed by atoms with Crippen molar-refractivity contribution < 1.29 is 9.13 Å². The van der Waals surface area contributed by atoms with Gasteiger partial charge in [0.2, 0.25) is 0 Å². The quantitative estimate of drug-likeness (QED) is 0.349. The van der Waals surface area contributed by atoms with E-state index < -0.39 is 0 Å². The van der Waals surface area contributed by atoms with Crippen molar-refractivity contribution in [1.82, 2.24) is 5.32 Å². The van der Waals surface area contributed by atoms with Gasteiger partial charge in [0.1, 0.15) is 18.2 Å². The van der Waals surface area contributed by atoms with Crippen molar-refractivity contribution in [1.29, 1.82) is 0 Å². The van der Waals surface area contributed by atoms with Crippen LogP contribution in [0.5, 0.6) is 5.75 Å². The number of hydrogen-bond acceptors (Lipinski definition) is 2. The highest BCUT2D eigenvalue weighted by Crippen LogP contribution is 2.29. The first-order valence-electron chi connectivity index (χ1n) is 10.6. The third kappa shape index (κ3) is 5.04. The molecule has 0 saturated carbocycles. The number of hydrogen-bond donors (Lipinski definition) is 1. The molecule has 0 bridgehead atoms. The van der Waals surface area contributed by atoms with E-state index in [0.717, 1.165) is 30.8 Å². The topological polar surface area (TPSA) is 21.3 Å². The Labute approximate surface area is 172 Å². The summed E-state index contributed by atoms with van der Waals surface area (Å²) in [7, 11) is 0. The van der Waals surface area contributed by atoms with Crippen molar-refractivity contribution in [3.05, 3.63) is 89.3 Å². The minimum atomic E-state index is -0.228. The van der Waals surface area contributed by atoms with Crippen LogP contribution in [0.15, 0.2) is 72.3 Å². The number of ether oxygens (including phenoxy) is 1. The standard InChI is InChI=1S/C26H28FNO/c27-25-13-7-5-11-22(25)19-29-26-15-14-21-10-4-6-12-23(21)24(26)18-28-17-16-20-8-2-1-3-9-20/h4-8,10-15,28H,1-3,9,16-19H2. The van der Waals surface area contributed by atoms with E-state index in [-0.39, 0.29) is 12.4 Å². The minimum absolute atomic E-state index is 0.227. The Morgan fingerprint density at radius 2 is 1.79 bits per heavy atom. The maximum absolute atomic E-state index is 14.0. The van der Waals surface area contributed by atoms with Gasteiger partial charge in [-0.25, -0.2) is 4.39 Å². The van der Waals surface area contributed by atoms with Gasteiger partial charge < -0.3 is 10.1 Å². The van der Waals surface area contributed by atoms with Gasteiger partial charge in [-0.3, -0.25) is 0 Å². The Bertz CT molecular complexity index is 995. The zero-order chi connectivity index (χ0) is 19.9. The molecule has 0 amide bonds. The monoisotopic (exact) mass is 389 g/mol. The number of benzene rings is 3. The highest BCUT2D eigenvalue weighted by Gasteiger charge is 2.11. The van der Waals surface area contributed by atoms with Crippen LogP contribution in [-0.4, -0.2) is 6.54 Å². The third-order valence-electron chi connectivity index (χ3n) is 5.65. The van der Waals surface area contributed by atoms with Crippen LogP contribution in [0.25, 0.3) is 10.8 Å². The molecule has 0 aromatic heterocycles. The summed E-state index contributed by atoms with van der Waals surface area (Å²) in [5, 5.41) is 5.97. The van der Waals surface area contributed by atoms with Gasteiger partial charge in [-0.15, -0.1) is 0 Å². The van der Waals surface area contributed by atoms with Gasteiger partial charge in [0.15, 0.2) is 0 Å². The van der Waals surface area contributed by atoms with Crippen molar-refractivity contribution in [2.45, 2.75) is 45.3 Å². The second-order valence-electron chi connectivity index (χ2n) is 7.68. The molecular weight excluding hydrogens is 361 g/mol. The molecule has 0 aliphatic heterocycles. The summed E-state index contributed by atoms with van der Waals surface area (Å²) in [6.07, 6.45) is 8.64. The lowest BCUT2D eigenvalue weighted by Crippen LogP contribution is -2.17. The maximum atomic E-state index is 14.0. The fourth-order valence-electron chi connectivity index (χ4n) is 4.00. The molecule has 4 rings (SSSR count). The fraction of sp³-hybridized carbons (Fsp3) is 0.308. The molecule has 2 nitrogen and oxygen atoms in total. The van der Waals surface area contributed by atoms with Crippen LogP contribution in [0, 0.1) is 5.82 Å². The van der Waals surface area contributed by atoms with Crippen molar-refractivity contribution in [3.8, 4) is 5.75 Å². The number of allylic oxidation sites excluding steroid dienone is 1. The number of fused-ring (bicyclic) bond motifs is 1. The number of rotatable bonds is 8. The largest absolute Gasteiger partial charge is 0.488 e. The summed E-state index contributed by atoms with van der Waals surface area (Å²) >= 11 is 0. The van der Waals surface area contributed by atoms with E-state index in [1.165, 1.54) is 42.5 Å². The Balaban J connectivity index is 1.48.